The van der Waals surface area contributed by atoms with Gasteiger partial charge in [-0.2, -0.15) is 0 Å². The van der Waals surface area contributed by atoms with Crippen molar-refractivity contribution in [3.63, 3.8) is 0 Å². The van der Waals surface area contributed by atoms with Gasteiger partial charge in [0.05, 0.1) is 5.69 Å². The van der Waals surface area contributed by atoms with Gasteiger partial charge in [0, 0.05) is 31.6 Å². The number of hydrogen-bond acceptors (Lipinski definition) is 4. The Morgan fingerprint density at radius 3 is 2.94 bits per heavy atom. The highest BCUT2D eigenvalue weighted by Crippen LogP contribution is 2.11. The molecule has 0 aliphatic carbocycles. The van der Waals surface area contributed by atoms with Crippen LogP contribution in [0.15, 0.2) is 18.6 Å². The first-order chi connectivity index (χ1) is 8.20. The van der Waals surface area contributed by atoms with Crippen molar-refractivity contribution in [1.82, 2.24) is 19.5 Å². The zero-order valence-corrected chi connectivity index (χ0v) is 10.2. The molecule has 5 heteroatoms. The van der Waals surface area contributed by atoms with Gasteiger partial charge < -0.3 is 10.3 Å². The number of rotatable bonds is 4. The van der Waals surface area contributed by atoms with Gasteiger partial charge >= 0.3 is 0 Å². The Kier molecular flexibility index (Phi) is 3.37. The van der Waals surface area contributed by atoms with Crippen molar-refractivity contribution in [2.45, 2.75) is 33.2 Å². The molecule has 2 N–H and O–H groups in total. The third-order valence-corrected chi connectivity index (χ3v) is 2.69. The lowest BCUT2D eigenvalue weighted by molar-refractivity contribution is 0.644. The highest BCUT2D eigenvalue weighted by atomic mass is 15.1. The molecule has 2 heterocycles. The van der Waals surface area contributed by atoms with Gasteiger partial charge in [-0.1, -0.05) is 6.92 Å². The average molecular weight is 231 g/mol. The molecule has 0 saturated carbocycles. The van der Waals surface area contributed by atoms with E-state index in [-0.39, 0.29) is 0 Å². The monoisotopic (exact) mass is 231 g/mol. The Bertz CT molecular complexity index is 503. The van der Waals surface area contributed by atoms with E-state index in [1.165, 1.54) is 0 Å². The van der Waals surface area contributed by atoms with Crippen LogP contribution in [-0.2, 0) is 13.0 Å². The minimum Gasteiger partial charge on any atom is -0.368 e. The number of nitrogens with two attached hydrogens (primary N) is 1. The summed E-state index contributed by atoms with van der Waals surface area (Å²) in [7, 11) is 0. The molecule has 0 amide bonds. The zero-order chi connectivity index (χ0) is 12.3. The Morgan fingerprint density at radius 2 is 2.18 bits per heavy atom. The number of anilines is 1. The van der Waals surface area contributed by atoms with E-state index in [4.69, 9.17) is 5.73 Å². The van der Waals surface area contributed by atoms with Gasteiger partial charge in [-0.15, -0.1) is 0 Å². The minimum absolute atomic E-state index is 0.319. The largest absolute Gasteiger partial charge is 0.368 e. The fourth-order valence-electron chi connectivity index (χ4n) is 1.77. The van der Waals surface area contributed by atoms with Crippen LogP contribution >= 0.6 is 0 Å². The van der Waals surface area contributed by atoms with Crippen LogP contribution in [0.2, 0.25) is 0 Å². The molecule has 17 heavy (non-hydrogen) atoms. The number of nitrogen functional groups attached to an aromatic ring is 1. The van der Waals surface area contributed by atoms with Crippen molar-refractivity contribution in [2.24, 2.45) is 0 Å². The summed E-state index contributed by atoms with van der Waals surface area (Å²) in [5.74, 6) is 1.34. The number of aromatic nitrogens is 4. The Labute approximate surface area is 101 Å². The van der Waals surface area contributed by atoms with Crippen LogP contribution in [0.3, 0.4) is 0 Å². The van der Waals surface area contributed by atoms with Gasteiger partial charge in [-0.3, -0.25) is 0 Å². The molecule has 2 aromatic rings. The van der Waals surface area contributed by atoms with Crippen LogP contribution in [0, 0.1) is 6.92 Å². The molecule has 2 rings (SSSR count). The van der Waals surface area contributed by atoms with Crippen LogP contribution in [0.1, 0.15) is 30.4 Å². The van der Waals surface area contributed by atoms with Gasteiger partial charge in [0.2, 0.25) is 5.95 Å². The molecule has 0 bridgehead atoms. The van der Waals surface area contributed by atoms with Crippen molar-refractivity contribution < 1.29 is 0 Å². The first-order valence-corrected chi connectivity index (χ1v) is 5.78. The molecule has 0 aromatic carbocycles. The van der Waals surface area contributed by atoms with Crippen LogP contribution in [-0.4, -0.2) is 19.5 Å². The van der Waals surface area contributed by atoms with Gasteiger partial charge in [0.1, 0.15) is 5.82 Å². The molecular formula is C12H17N5. The summed E-state index contributed by atoms with van der Waals surface area (Å²) in [6.07, 6.45) is 7.37. The summed E-state index contributed by atoms with van der Waals surface area (Å²) < 4.78 is 2.15. The van der Waals surface area contributed by atoms with Crippen molar-refractivity contribution in [1.29, 1.82) is 0 Å². The third kappa shape index (κ3) is 2.61. The summed E-state index contributed by atoms with van der Waals surface area (Å²) >= 11 is 0. The first-order valence-electron chi connectivity index (χ1n) is 5.78. The minimum atomic E-state index is 0.319. The predicted molar refractivity (Wildman–Crippen MR) is 66.5 cm³/mol. The van der Waals surface area contributed by atoms with Crippen molar-refractivity contribution in [3.05, 3.63) is 35.7 Å². The van der Waals surface area contributed by atoms with E-state index in [9.17, 15) is 0 Å². The normalized spacial score (nSPS) is 10.7. The molecule has 5 nitrogen and oxygen atoms in total. The highest BCUT2D eigenvalue weighted by Gasteiger charge is 2.08. The fraction of sp³-hybridized carbons (Fsp3) is 0.417. The van der Waals surface area contributed by atoms with E-state index in [2.05, 4.69) is 26.4 Å². The Balaban J connectivity index is 2.25. The first kappa shape index (κ1) is 11.6. The molecule has 0 unspecified atom stereocenters. The quantitative estimate of drug-likeness (QED) is 0.867. The van der Waals surface area contributed by atoms with E-state index >= 15 is 0 Å². The van der Waals surface area contributed by atoms with E-state index in [1.54, 1.807) is 6.20 Å². The second-order valence-corrected chi connectivity index (χ2v) is 4.07. The standard InChI is InChI=1S/C12H17N5/c1-3-5-17-6-4-14-11(17)7-10-9(2)8-15-12(13)16-10/h4,6,8H,3,5,7H2,1-2H3,(H2,13,15,16). The van der Waals surface area contributed by atoms with Crippen molar-refractivity contribution in [3.8, 4) is 0 Å². The van der Waals surface area contributed by atoms with Gasteiger partial charge in [0.25, 0.3) is 0 Å². The van der Waals surface area contributed by atoms with E-state index in [0.717, 1.165) is 30.0 Å². The Hall–Kier alpha value is -1.91. The number of imidazole rings is 1. The smallest absolute Gasteiger partial charge is 0.220 e. The van der Waals surface area contributed by atoms with E-state index < -0.39 is 0 Å². The summed E-state index contributed by atoms with van der Waals surface area (Å²) in [6, 6.07) is 0. The van der Waals surface area contributed by atoms with Crippen molar-refractivity contribution in [2.75, 3.05) is 5.73 Å². The van der Waals surface area contributed by atoms with Gasteiger partial charge in [-0.25, -0.2) is 15.0 Å². The van der Waals surface area contributed by atoms with Gasteiger partial charge in [0.15, 0.2) is 0 Å². The SMILES string of the molecule is CCCn1ccnc1Cc1nc(N)ncc1C. The average Bonchev–Trinajstić information content (AvgIpc) is 2.72. The van der Waals surface area contributed by atoms with Crippen LogP contribution in [0.4, 0.5) is 5.95 Å². The number of hydrogen-bond donors (Lipinski definition) is 1. The molecular weight excluding hydrogens is 214 g/mol. The predicted octanol–water partition coefficient (Wildman–Crippen LogP) is 1.56. The second-order valence-electron chi connectivity index (χ2n) is 4.07. The number of aryl methyl sites for hydroxylation is 2. The zero-order valence-electron chi connectivity index (χ0n) is 10.2. The summed E-state index contributed by atoms with van der Waals surface area (Å²) in [5.41, 5.74) is 7.60. The summed E-state index contributed by atoms with van der Waals surface area (Å²) in [4.78, 5) is 12.6. The maximum atomic E-state index is 5.60. The lowest BCUT2D eigenvalue weighted by Crippen LogP contribution is -2.07. The van der Waals surface area contributed by atoms with E-state index in [1.807, 2.05) is 19.3 Å². The molecule has 0 fully saturated rings. The molecule has 0 spiro atoms. The molecule has 90 valence electrons. The maximum absolute atomic E-state index is 5.60. The lowest BCUT2D eigenvalue weighted by atomic mass is 10.2. The highest BCUT2D eigenvalue weighted by molar-refractivity contribution is 5.26. The van der Waals surface area contributed by atoms with Crippen LogP contribution in [0.5, 0.6) is 0 Å². The van der Waals surface area contributed by atoms with Crippen LogP contribution in [0.25, 0.3) is 0 Å². The maximum Gasteiger partial charge on any atom is 0.220 e. The Morgan fingerprint density at radius 1 is 1.35 bits per heavy atom. The summed E-state index contributed by atoms with van der Waals surface area (Å²) in [6.45, 7) is 5.12. The second kappa shape index (κ2) is 4.95. The molecule has 2 aromatic heterocycles. The van der Waals surface area contributed by atoms with E-state index in [0.29, 0.717) is 12.4 Å². The van der Waals surface area contributed by atoms with Crippen LogP contribution < -0.4 is 5.73 Å². The fourth-order valence-corrected chi connectivity index (χ4v) is 1.77. The molecule has 0 aliphatic heterocycles. The topological polar surface area (TPSA) is 69.6 Å². The molecule has 0 aliphatic rings. The molecule has 0 atom stereocenters. The molecule has 0 radical (unpaired) electrons. The summed E-state index contributed by atoms with van der Waals surface area (Å²) in [5, 5.41) is 0. The third-order valence-electron chi connectivity index (χ3n) is 2.69. The lowest BCUT2D eigenvalue weighted by Gasteiger charge is -2.07. The number of nitrogens with zero attached hydrogens (tertiary/aromatic N) is 4. The van der Waals surface area contributed by atoms with Crippen molar-refractivity contribution >= 4 is 5.95 Å². The van der Waals surface area contributed by atoms with Gasteiger partial charge in [-0.05, 0) is 18.9 Å². The molecule has 0 saturated heterocycles.